The molecule has 2 heterocycles. The molecule has 0 bridgehead atoms. The summed E-state index contributed by atoms with van der Waals surface area (Å²) in [7, 11) is 0. The first-order valence-corrected chi connectivity index (χ1v) is 10.9. The predicted molar refractivity (Wildman–Crippen MR) is 107 cm³/mol. The molecule has 1 saturated heterocycles. The first-order valence-electron chi connectivity index (χ1n) is 10.1. The number of anilines is 1. The van der Waals surface area contributed by atoms with Crippen molar-refractivity contribution >= 4 is 35.2 Å². The van der Waals surface area contributed by atoms with Crippen LogP contribution in [-0.4, -0.2) is 35.3 Å². The number of ether oxygens (including phenoxy) is 1. The lowest BCUT2D eigenvalue weighted by atomic mass is 9.89. The van der Waals surface area contributed by atoms with Crippen LogP contribution in [0.15, 0.2) is 29.2 Å². The van der Waals surface area contributed by atoms with Crippen LogP contribution in [0.4, 0.5) is 5.69 Å². The second-order valence-electron chi connectivity index (χ2n) is 7.88. The Labute approximate surface area is 169 Å². The lowest BCUT2D eigenvalue weighted by Crippen LogP contribution is -2.50. The van der Waals surface area contributed by atoms with E-state index in [1.165, 1.54) is 31.0 Å². The molecule has 1 N–H and O–H groups in total. The SMILES string of the molecule is CC(OC(=O)C12CCC(=O)N1c1ccccc1S2)C(=O)NCC1CCCCC1. The molecule has 7 heteroatoms. The van der Waals surface area contributed by atoms with Gasteiger partial charge in [0.2, 0.25) is 5.91 Å². The van der Waals surface area contributed by atoms with Gasteiger partial charge in [0.25, 0.3) is 5.91 Å². The maximum atomic E-state index is 13.1. The van der Waals surface area contributed by atoms with Crippen molar-refractivity contribution in [1.82, 2.24) is 5.32 Å². The van der Waals surface area contributed by atoms with Gasteiger partial charge in [0.05, 0.1) is 5.69 Å². The Kier molecular flexibility index (Phi) is 5.36. The number of nitrogens with one attached hydrogen (secondary N) is 1. The molecule has 0 radical (unpaired) electrons. The highest BCUT2D eigenvalue weighted by atomic mass is 32.2. The zero-order valence-corrected chi connectivity index (χ0v) is 16.9. The van der Waals surface area contributed by atoms with Crippen molar-refractivity contribution < 1.29 is 19.1 Å². The molecule has 4 rings (SSSR count). The fourth-order valence-electron chi connectivity index (χ4n) is 4.36. The standard InChI is InChI=1S/C21H26N2O4S/c1-14(19(25)22-13-15-7-3-2-4-8-15)27-20(26)21-12-11-18(24)23(21)16-9-5-6-10-17(16)28-21/h5-6,9-10,14-15H,2-4,7-8,11-13H2,1H3,(H,22,25). The van der Waals surface area contributed by atoms with Crippen LogP contribution in [0.3, 0.4) is 0 Å². The molecular weight excluding hydrogens is 376 g/mol. The van der Waals surface area contributed by atoms with Crippen LogP contribution < -0.4 is 10.2 Å². The normalized spacial score (nSPS) is 25.2. The van der Waals surface area contributed by atoms with E-state index in [1.807, 2.05) is 24.3 Å². The van der Waals surface area contributed by atoms with Crippen LogP contribution in [-0.2, 0) is 19.1 Å². The Morgan fingerprint density at radius 2 is 2.04 bits per heavy atom. The van der Waals surface area contributed by atoms with E-state index in [-0.39, 0.29) is 11.8 Å². The molecule has 1 aromatic rings. The third-order valence-electron chi connectivity index (χ3n) is 5.94. The zero-order valence-electron chi connectivity index (χ0n) is 16.1. The van der Waals surface area contributed by atoms with Gasteiger partial charge in [-0.15, -0.1) is 0 Å². The summed E-state index contributed by atoms with van der Waals surface area (Å²) in [5.41, 5.74) is 0.751. The minimum atomic E-state index is -1.08. The molecule has 1 aliphatic carbocycles. The topological polar surface area (TPSA) is 75.7 Å². The van der Waals surface area contributed by atoms with E-state index in [9.17, 15) is 14.4 Å². The second kappa shape index (κ2) is 7.78. The number of hydrogen-bond donors (Lipinski definition) is 1. The predicted octanol–water partition coefficient (Wildman–Crippen LogP) is 3.24. The highest BCUT2D eigenvalue weighted by Gasteiger charge is 2.58. The highest BCUT2D eigenvalue weighted by molar-refractivity contribution is 8.02. The number of esters is 1. The van der Waals surface area contributed by atoms with Gasteiger partial charge >= 0.3 is 5.97 Å². The molecule has 2 aliphatic heterocycles. The van der Waals surface area contributed by atoms with E-state index in [1.54, 1.807) is 11.8 Å². The third-order valence-corrected chi connectivity index (χ3v) is 7.39. The van der Waals surface area contributed by atoms with E-state index in [0.29, 0.717) is 25.3 Å². The summed E-state index contributed by atoms with van der Waals surface area (Å²) in [5, 5.41) is 2.93. The molecular formula is C21H26N2O4S. The molecule has 3 aliphatic rings. The number of amides is 2. The quantitative estimate of drug-likeness (QED) is 0.765. The molecule has 0 spiro atoms. The number of carbonyl (C=O) groups is 3. The van der Waals surface area contributed by atoms with E-state index in [0.717, 1.165) is 23.4 Å². The minimum absolute atomic E-state index is 0.0798. The molecule has 1 aromatic carbocycles. The van der Waals surface area contributed by atoms with Crippen molar-refractivity contribution in [3.8, 4) is 0 Å². The Morgan fingerprint density at radius 1 is 1.29 bits per heavy atom. The second-order valence-corrected chi connectivity index (χ2v) is 9.20. The fourth-order valence-corrected chi connectivity index (χ4v) is 5.76. The van der Waals surface area contributed by atoms with Gasteiger partial charge in [-0.25, -0.2) is 4.79 Å². The number of para-hydroxylation sites is 1. The van der Waals surface area contributed by atoms with Crippen LogP contribution in [0.5, 0.6) is 0 Å². The van der Waals surface area contributed by atoms with Gasteiger partial charge in [-0.05, 0) is 37.8 Å². The smallest absolute Gasteiger partial charge is 0.344 e. The molecule has 1 saturated carbocycles. The highest BCUT2D eigenvalue weighted by Crippen LogP contribution is 2.56. The first kappa shape index (κ1) is 19.3. The number of fused-ring (bicyclic) bond motifs is 3. The molecule has 28 heavy (non-hydrogen) atoms. The average molecular weight is 403 g/mol. The van der Waals surface area contributed by atoms with Gasteiger partial charge in [0.15, 0.2) is 11.0 Å². The number of benzene rings is 1. The van der Waals surface area contributed by atoms with Crippen LogP contribution in [0.2, 0.25) is 0 Å². The summed E-state index contributed by atoms with van der Waals surface area (Å²) < 4.78 is 5.55. The Hall–Kier alpha value is -2.02. The number of thioether (sulfide) groups is 1. The van der Waals surface area contributed by atoms with Crippen molar-refractivity contribution in [3.05, 3.63) is 24.3 Å². The van der Waals surface area contributed by atoms with E-state index >= 15 is 0 Å². The van der Waals surface area contributed by atoms with Gasteiger partial charge in [-0.1, -0.05) is 43.2 Å². The molecule has 6 nitrogen and oxygen atoms in total. The zero-order chi connectivity index (χ0) is 19.7. The summed E-state index contributed by atoms with van der Waals surface area (Å²) in [5.74, 6) is -0.350. The number of carbonyl (C=O) groups excluding carboxylic acids is 3. The lowest BCUT2D eigenvalue weighted by Gasteiger charge is -2.30. The average Bonchev–Trinajstić information content (AvgIpc) is 3.22. The van der Waals surface area contributed by atoms with Gasteiger partial charge in [0, 0.05) is 24.3 Å². The van der Waals surface area contributed by atoms with Gasteiger partial charge < -0.3 is 10.1 Å². The monoisotopic (exact) mass is 402 g/mol. The van der Waals surface area contributed by atoms with Crippen LogP contribution >= 0.6 is 11.8 Å². The minimum Gasteiger partial charge on any atom is -0.450 e. The number of hydrogen-bond acceptors (Lipinski definition) is 5. The van der Waals surface area contributed by atoms with Gasteiger partial charge in [-0.3, -0.25) is 14.5 Å². The summed E-state index contributed by atoms with van der Waals surface area (Å²) in [6, 6.07) is 7.49. The summed E-state index contributed by atoms with van der Waals surface area (Å²) >= 11 is 1.35. The fraction of sp³-hybridized carbons (Fsp3) is 0.571. The van der Waals surface area contributed by atoms with Crippen molar-refractivity contribution in [3.63, 3.8) is 0 Å². The molecule has 0 aromatic heterocycles. The van der Waals surface area contributed by atoms with E-state index < -0.39 is 16.9 Å². The summed E-state index contributed by atoms with van der Waals surface area (Å²) in [6.07, 6.45) is 5.80. The summed E-state index contributed by atoms with van der Waals surface area (Å²) in [6.45, 7) is 2.23. The van der Waals surface area contributed by atoms with Gasteiger partial charge in [-0.2, -0.15) is 0 Å². The lowest BCUT2D eigenvalue weighted by molar-refractivity contribution is -0.157. The molecule has 2 amide bonds. The van der Waals surface area contributed by atoms with Crippen LogP contribution in [0.1, 0.15) is 51.9 Å². The van der Waals surface area contributed by atoms with Crippen molar-refractivity contribution in [2.75, 3.05) is 11.4 Å². The third kappa shape index (κ3) is 3.41. The van der Waals surface area contributed by atoms with Gasteiger partial charge in [0.1, 0.15) is 0 Å². The Bertz CT molecular complexity index is 792. The molecule has 150 valence electrons. The van der Waals surface area contributed by atoms with Crippen molar-refractivity contribution in [1.29, 1.82) is 0 Å². The summed E-state index contributed by atoms with van der Waals surface area (Å²) in [4.78, 5) is 39.3. The van der Waals surface area contributed by atoms with E-state index in [2.05, 4.69) is 5.32 Å². The van der Waals surface area contributed by atoms with E-state index in [4.69, 9.17) is 4.74 Å². The molecule has 2 atom stereocenters. The number of rotatable bonds is 5. The maximum Gasteiger partial charge on any atom is 0.344 e. The largest absolute Gasteiger partial charge is 0.450 e. The van der Waals surface area contributed by atoms with Crippen molar-refractivity contribution in [2.24, 2.45) is 5.92 Å². The maximum absolute atomic E-state index is 13.1. The molecule has 2 unspecified atom stereocenters. The van der Waals surface area contributed by atoms with Crippen LogP contribution in [0, 0.1) is 5.92 Å². The Balaban J connectivity index is 1.40. The first-order chi connectivity index (χ1) is 13.5. The Morgan fingerprint density at radius 3 is 2.82 bits per heavy atom. The number of nitrogens with zero attached hydrogens (tertiary/aromatic N) is 1. The van der Waals surface area contributed by atoms with Crippen LogP contribution in [0.25, 0.3) is 0 Å². The van der Waals surface area contributed by atoms with Crippen molar-refractivity contribution in [2.45, 2.75) is 67.7 Å². The molecule has 2 fully saturated rings.